The van der Waals surface area contributed by atoms with Crippen molar-refractivity contribution in [2.75, 3.05) is 13.2 Å². The number of aliphatic hydroxyl groups is 4. The van der Waals surface area contributed by atoms with Crippen molar-refractivity contribution in [3.05, 3.63) is 12.2 Å². The number of hydrogen-bond donors (Lipinski definition) is 7. The van der Waals surface area contributed by atoms with Gasteiger partial charge in [0.2, 0.25) is 0 Å². The van der Waals surface area contributed by atoms with Crippen molar-refractivity contribution in [2.45, 2.75) is 249 Å². The first-order chi connectivity index (χ1) is 30.1. The van der Waals surface area contributed by atoms with E-state index in [1.807, 2.05) is 0 Å². The molecule has 0 aliphatic heterocycles. The molecule has 0 bridgehead atoms. The minimum absolute atomic E-state index is 0.0432. The SMILES string of the molecule is CCCCCC/C=C\CCCCCCCCCC(=O)O[C@H](COC(=O)CCCCCCCCCCCCCCCCC)COP(=O)(O)O[C@H]1C(O)C(O)C(O)[C@@H](OP(=O)(O)O)C1O. The number of aliphatic hydroxyl groups excluding tert-OH is 4. The lowest BCUT2D eigenvalue weighted by Crippen LogP contribution is -2.64. The van der Waals surface area contributed by atoms with Crippen LogP contribution in [0.15, 0.2) is 12.2 Å². The molecule has 63 heavy (non-hydrogen) atoms. The molecule has 1 rings (SSSR count). The molecule has 8 atom stereocenters. The number of phosphoric acid groups is 2. The van der Waals surface area contributed by atoms with E-state index in [9.17, 15) is 53.8 Å². The number of hydrogen-bond acceptors (Lipinski definition) is 13. The molecule has 1 saturated carbocycles. The summed E-state index contributed by atoms with van der Waals surface area (Å²) in [6.07, 6.45) is 21.6. The largest absolute Gasteiger partial charge is 0.472 e. The highest BCUT2D eigenvalue weighted by Crippen LogP contribution is 2.49. The molecule has 0 aromatic carbocycles. The zero-order valence-electron chi connectivity index (χ0n) is 38.5. The van der Waals surface area contributed by atoms with E-state index in [0.29, 0.717) is 12.8 Å². The van der Waals surface area contributed by atoms with E-state index in [-0.39, 0.29) is 12.8 Å². The zero-order valence-corrected chi connectivity index (χ0v) is 40.3. The molecule has 1 fully saturated rings. The molecule has 1 aliphatic rings. The Labute approximate surface area is 378 Å². The van der Waals surface area contributed by atoms with Gasteiger partial charge < -0.3 is 44.6 Å². The van der Waals surface area contributed by atoms with Gasteiger partial charge in [-0.1, -0.05) is 167 Å². The molecular weight excluding hydrogens is 858 g/mol. The van der Waals surface area contributed by atoms with Gasteiger partial charge in [-0.2, -0.15) is 0 Å². The predicted molar refractivity (Wildman–Crippen MR) is 241 cm³/mol. The van der Waals surface area contributed by atoms with Crippen molar-refractivity contribution < 1.29 is 76.9 Å². The summed E-state index contributed by atoms with van der Waals surface area (Å²) in [7, 11) is -10.7. The van der Waals surface area contributed by atoms with Crippen LogP contribution in [-0.4, -0.2) is 103 Å². The number of rotatable bonds is 41. The van der Waals surface area contributed by atoms with Gasteiger partial charge in [0.1, 0.15) is 43.2 Å². The first-order valence-corrected chi connectivity index (χ1v) is 27.3. The number of allylic oxidation sites excluding steroid dienone is 2. The Morgan fingerprint density at radius 1 is 0.492 bits per heavy atom. The molecule has 0 amide bonds. The smallest absolute Gasteiger partial charge is 0.462 e. The van der Waals surface area contributed by atoms with Crippen molar-refractivity contribution in [3.63, 3.8) is 0 Å². The Morgan fingerprint density at radius 2 is 0.873 bits per heavy atom. The highest BCUT2D eigenvalue weighted by molar-refractivity contribution is 7.47. The highest BCUT2D eigenvalue weighted by Gasteiger charge is 2.54. The number of esters is 2. The van der Waals surface area contributed by atoms with Gasteiger partial charge in [0, 0.05) is 12.8 Å². The maximum absolute atomic E-state index is 13.0. The van der Waals surface area contributed by atoms with Gasteiger partial charge in [-0.15, -0.1) is 0 Å². The minimum atomic E-state index is -5.36. The Hall–Kier alpha value is -1.26. The summed E-state index contributed by atoms with van der Waals surface area (Å²) < 4.78 is 49.4. The first-order valence-electron chi connectivity index (χ1n) is 24.2. The lowest BCUT2D eigenvalue weighted by atomic mass is 9.85. The van der Waals surface area contributed by atoms with E-state index in [4.69, 9.17) is 18.5 Å². The van der Waals surface area contributed by atoms with Crippen LogP contribution in [0.5, 0.6) is 0 Å². The number of carbonyl (C=O) groups excluding carboxylic acids is 2. The third-order valence-electron chi connectivity index (χ3n) is 11.3. The van der Waals surface area contributed by atoms with E-state index < -0.39 is 83.5 Å². The van der Waals surface area contributed by atoms with Crippen LogP contribution in [-0.2, 0) is 41.8 Å². The van der Waals surface area contributed by atoms with Crippen LogP contribution in [0.3, 0.4) is 0 Å². The van der Waals surface area contributed by atoms with Gasteiger partial charge in [-0.3, -0.25) is 23.2 Å². The quantitative estimate of drug-likeness (QED) is 0.0130. The Bertz CT molecular complexity index is 1280. The standard InChI is InChI=1S/C45H86O16P2/c1-3-5-7-9-11-13-15-17-19-21-23-25-27-29-31-33-38(46)57-35-37(59-39(47)34-32-30-28-26-24-22-20-18-16-14-12-10-8-6-4-2)36-58-63(55,56)61-45-42(50)40(48)41(49)44(43(45)51)60-62(52,53)54/h14,16,37,40-45,48-51H,3-13,15,17-36H2,1-2H3,(H,55,56)(H2,52,53,54)/b16-14-/t37-,40?,41?,42?,43?,44-,45+/m1/s1. The summed E-state index contributed by atoms with van der Waals surface area (Å²) >= 11 is 0. The van der Waals surface area contributed by atoms with E-state index in [1.165, 1.54) is 89.9 Å². The predicted octanol–water partition coefficient (Wildman–Crippen LogP) is 9.18. The van der Waals surface area contributed by atoms with Gasteiger partial charge in [-0.05, 0) is 38.5 Å². The number of carbonyl (C=O) groups is 2. The molecule has 372 valence electrons. The summed E-state index contributed by atoms with van der Waals surface area (Å²) in [5, 5.41) is 41.2. The maximum Gasteiger partial charge on any atom is 0.472 e. The van der Waals surface area contributed by atoms with Crippen LogP contribution in [0, 0.1) is 0 Å². The first kappa shape index (κ1) is 59.8. The van der Waals surface area contributed by atoms with E-state index in [0.717, 1.165) is 77.0 Å². The lowest BCUT2D eigenvalue weighted by molar-refractivity contribution is -0.216. The van der Waals surface area contributed by atoms with Crippen LogP contribution in [0.2, 0.25) is 0 Å². The molecule has 0 radical (unpaired) electrons. The number of phosphoric ester groups is 2. The molecule has 16 nitrogen and oxygen atoms in total. The van der Waals surface area contributed by atoms with Crippen molar-refractivity contribution >= 4 is 27.6 Å². The van der Waals surface area contributed by atoms with Gasteiger partial charge in [0.15, 0.2) is 6.10 Å². The van der Waals surface area contributed by atoms with Crippen LogP contribution in [0.4, 0.5) is 0 Å². The highest BCUT2D eigenvalue weighted by atomic mass is 31.2. The maximum atomic E-state index is 13.0. The fourth-order valence-corrected chi connectivity index (χ4v) is 9.09. The van der Waals surface area contributed by atoms with Crippen molar-refractivity contribution in [1.29, 1.82) is 0 Å². The third-order valence-corrected chi connectivity index (χ3v) is 12.8. The molecule has 0 saturated heterocycles. The van der Waals surface area contributed by atoms with Crippen LogP contribution in [0.25, 0.3) is 0 Å². The monoisotopic (exact) mass is 945 g/mol. The summed E-state index contributed by atoms with van der Waals surface area (Å²) in [6.45, 7) is 3.11. The molecule has 0 aromatic heterocycles. The summed E-state index contributed by atoms with van der Waals surface area (Å²) in [4.78, 5) is 54.3. The summed E-state index contributed by atoms with van der Waals surface area (Å²) in [5.74, 6) is -1.20. The van der Waals surface area contributed by atoms with E-state index in [2.05, 4.69) is 30.5 Å². The van der Waals surface area contributed by atoms with Crippen LogP contribution >= 0.6 is 15.6 Å². The molecule has 5 unspecified atom stereocenters. The topological polar surface area (TPSA) is 256 Å². The van der Waals surface area contributed by atoms with Crippen molar-refractivity contribution in [1.82, 2.24) is 0 Å². The second-order valence-electron chi connectivity index (χ2n) is 17.2. The van der Waals surface area contributed by atoms with Gasteiger partial charge in [0.25, 0.3) is 0 Å². The van der Waals surface area contributed by atoms with Gasteiger partial charge in [0.05, 0.1) is 6.61 Å². The lowest BCUT2D eigenvalue weighted by Gasteiger charge is -2.43. The summed E-state index contributed by atoms with van der Waals surface area (Å²) in [5.41, 5.74) is 0. The van der Waals surface area contributed by atoms with Gasteiger partial charge in [-0.25, -0.2) is 9.13 Å². The zero-order chi connectivity index (χ0) is 46.8. The van der Waals surface area contributed by atoms with Crippen molar-refractivity contribution in [2.24, 2.45) is 0 Å². The van der Waals surface area contributed by atoms with Gasteiger partial charge >= 0.3 is 27.6 Å². The van der Waals surface area contributed by atoms with Crippen LogP contribution < -0.4 is 0 Å². The molecule has 0 aromatic rings. The fourth-order valence-electron chi connectivity index (χ4n) is 7.55. The molecule has 7 N–H and O–H groups in total. The molecule has 0 spiro atoms. The molecule has 18 heteroatoms. The molecule has 0 heterocycles. The fraction of sp³-hybridized carbons (Fsp3) is 0.911. The number of ether oxygens (including phenoxy) is 2. The average molecular weight is 945 g/mol. The van der Waals surface area contributed by atoms with E-state index in [1.54, 1.807) is 0 Å². The Balaban J connectivity index is 2.58. The Kier molecular flexibility index (Phi) is 34.9. The third kappa shape index (κ3) is 31.4. The second kappa shape index (κ2) is 36.8. The normalized spacial score (nSPS) is 22.0. The van der Waals surface area contributed by atoms with E-state index >= 15 is 0 Å². The number of unbranched alkanes of at least 4 members (excludes halogenated alkanes) is 25. The average Bonchev–Trinajstić information content (AvgIpc) is 3.23. The summed E-state index contributed by atoms with van der Waals surface area (Å²) in [6, 6.07) is 0. The Morgan fingerprint density at radius 3 is 1.32 bits per heavy atom. The minimum Gasteiger partial charge on any atom is -0.462 e. The van der Waals surface area contributed by atoms with Crippen molar-refractivity contribution in [3.8, 4) is 0 Å². The van der Waals surface area contributed by atoms with Crippen LogP contribution in [0.1, 0.15) is 206 Å². The second-order valence-corrected chi connectivity index (χ2v) is 19.8. The molecular formula is C45H86O16P2. The molecule has 1 aliphatic carbocycles.